The summed E-state index contributed by atoms with van der Waals surface area (Å²) in [6.07, 6.45) is 5.24. The quantitative estimate of drug-likeness (QED) is 0.509. The van der Waals surface area contributed by atoms with E-state index in [1.807, 2.05) is 31.3 Å². The summed E-state index contributed by atoms with van der Waals surface area (Å²) < 4.78 is 0. The second kappa shape index (κ2) is 4.97. The van der Waals surface area contributed by atoms with Crippen molar-refractivity contribution >= 4 is 45.0 Å². The summed E-state index contributed by atoms with van der Waals surface area (Å²) in [4.78, 5) is 12.0. The normalized spacial score (nSPS) is 11.4. The molecule has 3 heterocycles. The van der Waals surface area contributed by atoms with E-state index in [1.54, 1.807) is 18.5 Å². The SMILES string of the molecule is Cc1nccc2c1[nH]c1c(-c3cnccc3Cl)cc(Cl)cc12. The Balaban J connectivity index is 2.18. The van der Waals surface area contributed by atoms with E-state index in [0.29, 0.717) is 10.0 Å². The first-order valence-electron chi connectivity index (χ1n) is 6.81. The van der Waals surface area contributed by atoms with Gasteiger partial charge in [-0.2, -0.15) is 0 Å². The molecule has 4 aromatic rings. The zero-order valence-corrected chi connectivity index (χ0v) is 13.2. The van der Waals surface area contributed by atoms with Crippen molar-refractivity contribution in [3.8, 4) is 11.1 Å². The molecular formula is C17H11Cl2N3. The summed E-state index contributed by atoms with van der Waals surface area (Å²) >= 11 is 12.7. The van der Waals surface area contributed by atoms with Gasteiger partial charge < -0.3 is 4.98 Å². The van der Waals surface area contributed by atoms with Gasteiger partial charge in [0.2, 0.25) is 0 Å². The number of aromatic nitrogens is 3. The lowest BCUT2D eigenvalue weighted by molar-refractivity contribution is 1.22. The van der Waals surface area contributed by atoms with Crippen LogP contribution in [0.2, 0.25) is 10.0 Å². The molecule has 0 spiro atoms. The van der Waals surface area contributed by atoms with Crippen LogP contribution in [0.25, 0.3) is 32.9 Å². The molecule has 0 atom stereocenters. The number of nitrogens with one attached hydrogen (secondary N) is 1. The van der Waals surface area contributed by atoms with Crippen molar-refractivity contribution in [1.29, 1.82) is 0 Å². The smallest absolute Gasteiger partial charge is 0.0681 e. The summed E-state index contributed by atoms with van der Waals surface area (Å²) in [5.41, 5.74) is 4.75. The molecule has 0 aliphatic carbocycles. The van der Waals surface area contributed by atoms with E-state index in [4.69, 9.17) is 23.2 Å². The Morgan fingerprint density at radius 2 is 1.82 bits per heavy atom. The maximum absolute atomic E-state index is 6.33. The van der Waals surface area contributed by atoms with E-state index in [0.717, 1.165) is 38.6 Å². The standard InChI is InChI=1S/C17H11Cl2N3/c1-9-16-11(2-5-21-9)12-6-10(18)7-13(17(12)22-16)14-8-20-4-3-15(14)19/h2-8,22H,1H3. The van der Waals surface area contributed by atoms with Gasteiger partial charge in [0.25, 0.3) is 0 Å². The highest BCUT2D eigenvalue weighted by atomic mass is 35.5. The number of aryl methyl sites for hydroxylation is 1. The molecule has 0 saturated heterocycles. The van der Waals surface area contributed by atoms with Gasteiger partial charge in [-0.25, -0.2) is 0 Å². The van der Waals surface area contributed by atoms with E-state index in [9.17, 15) is 0 Å². The molecule has 0 aliphatic heterocycles. The summed E-state index contributed by atoms with van der Waals surface area (Å²) in [5, 5.41) is 3.47. The second-order valence-electron chi connectivity index (χ2n) is 5.18. The van der Waals surface area contributed by atoms with E-state index >= 15 is 0 Å². The number of pyridine rings is 2. The number of fused-ring (bicyclic) bond motifs is 3. The highest BCUT2D eigenvalue weighted by Crippen LogP contribution is 2.38. The number of halogens is 2. The van der Waals surface area contributed by atoms with E-state index in [2.05, 4.69) is 15.0 Å². The van der Waals surface area contributed by atoms with Gasteiger partial charge in [-0.3, -0.25) is 9.97 Å². The first-order valence-corrected chi connectivity index (χ1v) is 7.57. The van der Waals surface area contributed by atoms with Crippen LogP contribution in [0.15, 0.2) is 42.9 Å². The largest absolute Gasteiger partial charge is 0.353 e. The van der Waals surface area contributed by atoms with Gasteiger partial charge in [0.1, 0.15) is 0 Å². The lowest BCUT2D eigenvalue weighted by Gasteiger charge is -2.06. The van der Waals surface area contributed by atoms with Gasteiger partial charge in [0, 0.05) is 45.5 Å². The van der Waals surface area contributed by atoms with Crippen LogP contribution in [0.4, 0.5) is 0 Å². The third-order valence-corrected chi connectivity index (χ3v) is 4.39. The van der Waals surface area contributed by atoms with Gasteiger partial charge in [0.05, 0.1) is 21.7 Å². The minimum atomic E-state index is 0.645. The van der Waals surface area contributed by atoms with Crippen molar-refractivity contribution in [1.82, 2.24) is 15.0 Å². The predicted octanol–water partition coefficient (Wildman–Crippen LogP) is 5.39. The fourth-order valence-corrected chi connectivity index (χ4v) is 3.24. The molecule has 0 aliphatic rings. The van der Waals surface area contributed by atoms with Gasteiger partial charge in [-0.05, 0) is 31.2 Å². The Labute approximate surface area is 136 Å². The summed E-state index contributed by atoms with van der Waals surface area (Å²) in [6.45, 7) is 1.98. The van der Waals surface area contributed by atoms with Crippen molar-refractivity contribution < 1.29 is 0 Å². The third-order valence-electron chi connectivity index (χ3n) is 3.84. The molecule has 1 N–H and O–H groups in total. The van der Waals surface area contributed by atoms with Crippen LogP contribution in [0.3, 0.4) is 0 Å². The first-order chi connectivity index (χ1) is 10.6. The number of nitrogens with zero attached hydrogens (tertiary/aromatic N) is 2. The monoisotopic (exact) mass is 327 g/mol. The fraction of sp³-hybridized carbons (Fsp3) is 0.0588. The molecule has 0 amide bonds. The van der Waals surface area contributed by atoms with E-state index < -0.39 is 0 Å². The van der Waals surface area contributed by atoms with Crippen LogP contribution in [0.1, 0.15) is 5.69 Å². The van der Waals surface area contributed by atoms with Crippen LogP contribution in [0, 0.1) is 6.92 Å². The predicted molar refractivity (Wildman–Crippen MR) is 91.6 cm³/mol. The molecule has 3 aromatic heterocycles. The minimum Gasteiger partial charge on any atom is -0.353 e. The molecule has 1 aromatic carbocycles. The molecule has 22 heavy (non-hydrogen) atoms. The maximum atomic E-state index is 6.33. The van der Waals surface area contributed by atoms with Crippen LogP contribution in [0.5, 0.6) is 0 Å². The van der Waals surface area contributed by atoms with Gasteiger partial charge in [-0.15, -0.1) is 0 Å². The minimum absolute atomic E-state index is 0.645. The van der Waals surface area contributed by atoms with Gasteiger partial charge in [0.15, 0.2) is 0 Å². The van der Waals surface area contributed by atoms with Gasteiger partial charge in [-0.1, -0.05) is 23.2 Å². The first kappa shape index (κ1) is 13.6. The molecule has 0 saturated carbocycles. The second-order valence-corrected chi connectivity index (χ2v) is 6.02. The molecule has 5 heteroatoms. The maximum Gasteiger partial charge on any atom is 0.0681 e. The number of rotatable bonds is 1. The molecule has 0 bridgehead atoms. The molecule has 4 rings (SSSR count). The Morgan fingerprint density at radius 3 is 2.64 bits per heavy atom. The third kappa shape index (κ3) is 1.97. The van der Waals surface area contributed by atoms with Crippen LogP contribution >= 0.6 is 23.2 Å². The Kier molecular flexibility index (Phi) is 3.06. The van der Waals surface area contributed by atoms with Crippen molar-refractivity contribution in [3.05, 3.63) is 58.6 Å². The summed E-state index contributed by atoms with van der Waals surface area (Å²) in [6, 6.07) is 7.64. The van der Waals surface area contributed by atoms with Crippen LogP contribution < -0.4 is 0 Å². The highest BCUT2D eigenvalue weighted by molar-refractivity contribution is 6.35. The van der Waals surface area contributed by atoms with Crippen molar-refractivity contribution in [2.45, 2.75) is 6.92 Å². The van der Waals surface area contributed by atoms with Crippen molar-refractivity contribution in [2.75, 3.05) is 0 Å². The number of benzene rings is 1. The molecule has 108 valence electrons. The zero-order chi connectivity index (χ0) is 15.3. The average molecular weight is 328 g/mol. The molecule has 0 unspecified atom stereocenters. The molecule has 0 radical (unpaired) electrons. The lowest BCUT2D eigenvalue weighted by Crippen LogP contribution is -1.84. The fourth-order valence-electron chi connectivity index (χ4n) is 2.82. The summed E-state index contributed by atoms with van der Waals surface area (Å²) in [7, 11) is 0. The Bertz CT molecular complexity index is 1020. The number of aromatic amines is 1. The number of H-pyrrole nitrogens is 1. The number of hydrogen-bond acceptors (Lipinski definition) is 2. The number of hydrogen-bond donors (Lipinski definition) is 1. The summed E-state index contributed by atoms with van der Waals surface area (Å²) in [5.74, 6) is 0. The molecular weight excluding hydrogens is 317 g/mol. The Morgan fingerprint density at radius 1 is 0.955 bits per heavy atom. The topological polar surface area (TPSA) is 41.6 Å². The highest BCUT2D eigenvalue weighted by Gasteiger charge is 2.14. The lowest BCUT2D eigenvalue weighted by atomic mass is 10.0. The van der Waals surface area contributed by atoms with Crippen molar-refractivity contribution in [2.24, 2.45) is 0 Å². The van der Waals surface area contributed by atoms with Gasteiger partial charge >= 0.3 is 0 Å². The van der Waals surface area contributed by atoms with Crippen LogP contribution in [-0.2, 0) is 0 Å². The van der Waals surface area contributed by atoms with E-state index in [-0.39, 0.29) is 0 Å². The molecule has 3 nitrogen and oxygen atoms in total. The van der Waals surface area contributed by atoms with E-state index in [1.165, 1.54) is 0 Å². The zero-order valence-electron chi connectivity index (χ0n) is 11.7. The molecule has 0 fully saturated rings. The average Bonchev–Trinajstić information content (AvgIpc) is 2.87. The van der Waals surface area contributed by atoms with Crippen molar-refractivity contribution in [3.63, 3.8) is 0 Å². The van der Waals surface area contributed by atoms with Crippen LogP contribution in [-0.4, -0.2) is 15.0 Å². The Hall–Kier alpha value is -2.10.